The molecule has 142 valence electrons. The Bertz CT molecular complexity index is 872. The molecule has 1 N–H and O–H groups in total. The van der Waals surface area contributed by atoms with Crippen LogP contribution in [-0.4, -0.2) is 36.3 Å². The van der Waals surface area contributed by atoms with Gasteiger partial charge < -0.3 is 10.2 Å². The maximum atomic E-state index is 13.4. The van der Waals surface area contributed by atoms with Crippen LogP contribution >= 0.6 is 0 Å². The molecular formula is C20H21F2N3O2. The van der Waals surface area contributed by atoms with Crippen molar-refractivity contribution < 1.29 is 18.4 Å². The second-order valence-corrected chi connectivity index (χ2v) is 6.80. The first-order valence-electron chi connectivity index (χ1n) is 8.68. The molecule has 0 saturated heterocycles. The van der Waals surface area contributed by atoms with Crippen LogP contribution in [0.25, 0.3) is 0 Å². The summed E-state index contributed by atoms with van der Waals surface area (Å²) < 4.78 is 26.4. The van der Waals surface area contributed by atoms with Crippen molar-refractivity contribution in [3.8, 4) is 0 Å². The van der Waals surface area contributed by atoms with E-state index in [1.807, 2.05) is 13.0 Å². The topological polar surface area (TPSA) is 52.7 Å². The van der Waals surface area contributed by atoms with Crippen LogP contribution in [0.15, 0.2) is 42.5 Å². The van der Waals surface area contributed by atoms with Crippen molar-refractivity contribution >= 4 is 23.2 Å². The quantitative estimate of drug-likeness (QED) is 0.896. The highest BCUT2D eigenvalue weighted by Crippen LogP contribution is 2.31. The predicted molar refractivity (Wildman–Crippen MR) is 99.3 cm³/mol. The Morgan fingerprint density at radius 2 is 1.96 bits per heavy atom. The summed E-state index contributed by atoms with van der Waals surface area (Å²) in [6.45, 7) is 2.20. The van der Waals surface area contributed by atoms with E-state index in [0.717, 1.165) is 12.1 Å². The van der Waals surface area contributed by atoms with Crippen LogP contribution in [0.5, 0.6) is 0 Å². The molecule has 2 aromatic carbocycles. The Kier molecular flexibility index (Phi) is 5.51. The molecular weight excluding hydrogens is 352 g/mol. The number of carbonyl (C=O) groups is 2. The number of fused-ring (bicyclic) bond motifs is 1. The number of halogens is 2. The van der Waals surface area contributed by atoms with E-state index in [0.29, 0.717) is 23.5 Å². The molecule has 2 amide bonds. The van der Waals surface area contributed by atoms with Crippen LogP contribution < -0.4 is 10.2 Å². The molecule has 0 aliphatic carbocycles. The molecule has 1 aliphatic heterocycles. The van der Waals surface area contributed by atoms with E-state index < -0.39 is 11.6 Å². The Morgan fingerprint density at radius 3 is 2.70 bits per heavy atom. The van der Waals surface area contributed by atoms with Crippen molar-refractivity contribution in [3.63, 3.8) is 0 Å². The van der Waals surface area contributed by atoms with Crippen LogP contribution in [0.2, 0.25) is 0 Å². The summed E-state index contributed by atoms with van der Waals surface area (Å²) in [6, 6.07) is 10.6. The predicted octanol–water partition coefficient (Wildman–Crippen LogP) is 3.16. The van der Waals surface area contributed by atoms with Gasteiger partial charge in [0, 0.05) is 19.0 Å². The lowest BCUT2D eigenvalue weighted by atomic mass is 10.1. The van der Waals surface area contributed by atoms with Gasteiger partial charge in [-0.15, -0.1) is 0 Å². The summed E-state index contributed by atoms with van der Waals surface area (Å²) in [5.41, 5.74) is 1.83. The maximum Gasteiger partial charge on any atom is 0.241 e. The molecule has 7 heteroatoms. The SMILES string of the molecule is C[C@H]1CC(=O)Nc2ccccc2N1C(=O)CN(C)Cc1ccc(F)c(F)c1. The van der Waals surface area contributed by atoms with E-state index in [9.17, 15) is 18.4 Å². The van der Waals surface area contributed by atoms with E-state index in [1.54, 1.807) is 35.0 Å². The maximum absolute atomic E-state index is 13.4. The molecule has 0 radical (unpaired) electrons. The fraction of sp³-hybridized carbons (Fsp3) is 0.300. The summed E-state index contributed by atoms with van der Waals surface area (Å²) in [5, 5.41) is 2.82. The third-order valence-electron chi connectivity index (χ3n) is 4.47. The van der Waals surface area contributed by atoms with Crippen molar-refractivity contribution in [2.45, 2.75) is 25.9 Å². The number of hydrogen-bond donors (Lipinski definition) is 1. The molecule has 0 fully saturated rings. The lowest BCUT2D eigenvalue weighted by molar-refractivity contribution is -0.120. The van der Waals surface area contributed by atoms with Gasteiger partial charge in [-0.05, 0) is 43.8 Å². The number of rotatable bonds is 4. The standard InChI is InChI=1S/C20H21F2N3O2/c1-13-9-19(26)23-17-5-3-4-6-18(17)25(13)20(27)12-24(2)11-14-7-8-15(21)16(22)10-14/h3-8,10,13H,9,11-12H2,1-2H3,(H,23,26)/t13-/m0/s1. The van der Waals surface area contributed by atoms with Gasteiger partial charge in [-0.1, -0.05) is 18.2 Å². The molecule has 27 heavy (non-hydrogen) atoms. The van der Waals surface area contributed by atoms with Crippen molar-refractivity contribution in [3.05, 3.63) is 59.7 Å². The molecule has 0 saturated carbocycles. The molecule has 0 unspecified atom stereocenters. The monoisotopic (exact) mass is 373 g/mol. The molecule has 3 rings (SSSR count). The van der Waals surface area contributed by atoms with Crippen molar-refractivity contribution in [1.82, 2.24) is 4.90 Å². The Hall–Kier alpha value is -2.80. The number of nitrogens with zero attached hydrogens (tertiary/aromatic N) is 2. The van der Waals surface area contributed by atoms with E-state index >= 15 is 0 Å². The van der Waals surface area contributed by atoms with Gasteiger partial charge in [-0.3, -0.25) is 14.5 Å². The van der Waals surface area contributed by atoms with Gasteiger partial charge in [0.05, 0.1) is 17.9 Å². The van der Waals surface area contributed by atoms with Gasteiger partial charge in [0.25, 0.3) is 0 Å². The average Bonchev–Trinajstić information content (AvgIpc) is 2.72. The molecule has 0 bridgehead atoms. The van der Waals surface area contributed by atoms with Crippen LogP contribution in [0.4, 0.5) is 20.2 Å². The van der Waals surface area contributed by atoms with E-state index in [4.69, 9.17) is 0 Å². The zero-order valence-electron chi connectivity index (χ0n) is 15.2. The minimum Gasteiger partial charge on any atom is -0.324 e. The summed E-state index contributed by atoms with van der Waals surface area (Å²) in [5.74, 6) is -2.12. The Balaban J connectivity index is 1.76. The third-order valence-corrected chi connectivity index (χ3v) is 4.47. The van der Waals surface area contributed by atoms with Gasteiger partial charge in [0.2, 0.25) is 11.8 Å². The Morgan fingerprint density at radius 1 is 1.22 bits per heavy atom. The summed E-state index contributed by atoms with van der Waals surface area (Å²) in [7, 11) is 1.73. The third kappa shape index (κ3) is 4.31. The van der Waals surface area contributed by atoms with Gasteiger partial charge in [0.15, 0.2) is 11.6 Å². The number of para-hydroxylation sites is 2. The first kappa shape index (κ1) is 19.0. The summed E-state index contributed by atoms with van der Waals surface area (Å²) in [4.78, 5) is 28.3. The highest BCUT2D eigenvalue weighted by molar-refractivity contribution is 6.04. The minimum absolute atomic E-state index is 0.0753. The number of amides is 2. The lowest BCUT2D eigenvalue weighted by Crippen LogP contribution is -2.44. The van der Waals surface area contributed by atoms with Crippen LogP contribution in [0, 0.1) is 11.6 Å². The fourth-order valence-electron chi connectivity index (χ4n) is 3.28. The number of anilines is 2. The number of benzene rings is 2. The zero-order chi connectivity index (χ0) is 19.6. The molecule has 1 heterocycles. The second-order valence-electron chi connectivity index (χ2n) is 6.80. The highest BCUT2D eigenvalue weighted by Gasteiger charge is 2.29. The van der Waals surface area contributed by atoms with E-state index in [2.05, 4.69) is 5.32 Å². The van der Waals surface area contributed by atoms with Gasteiger partial charge in [-0.25, -0.2) is 8.78 Å². The molecule has 5 nitrogen and oxygen atoms in total. The van der Waals surface area contributed by atoms with Crippen molar-refractivity contribution in [2.75, 3.05) is 23.8 Å². The van der Waals surface area contributed by atoms with Gasteiger partial charge in [0.1, 0.15) is 0 Å². The second kappa shape index (κ2) is 7.84. The highest BCUT2D eigenvalue weighted by atomic mass is 19.2. The largest absolute Gasteiger partial charge is 0.324 e. The fourth-order valence-corrected chi connectivity index (χ4v) is 3.28. The summed E-state index contributed by atoms with van der Waals surface area (Å²) >= 11 is 0. The summed E-state index contributed by atoms with van der Waals surface area (Å²) in [6.07, 6.45) is 0.202. The average molecular weight is 373 g/mol. The molecule has 1 aliphatic rings. The van der Waals surface area contributed by atoms with Gasteiger partial charge in [-0.2, -0.15) is 0 Å². The number of carbonyl (C=O) groups excluding carboxylic acids is 2. The van der Waals surface area contributed by atoms with Crippen molar-refractivity contribution in [1.29, 1.82) is 0 Å². The van der Waals surface area contributed by atoms with Crippen LogP contribution in [0.3, 0.4) is 0 Å². The molecule has 1 atom stereocenters. The Labute approximate surface area is 156 Å². The normalized spacial score (nSPS) is 16.7. The number of likely N-dealkylation sites (N-methyl/N-ethyl adjacent to an activating group) is 1. The number of nitrogens with one attached hydrogen (secondary N) is 1. The first-order valence-corrected chi connectivity index (χ1v) is 8.68. The smallest absolute Gasteiger partial charge is 0.241 e. The van der Waals surface area contributed by atoms with Crippen molar-refractivity contribution in [2.24, 2.45) is 0 Å². The van der Waals surface area contributed by atoms with Crippen LogP contribution in [-0.2, 0) is 16.1 Å². The van der Waals surface area contributed by atoms with Gasteiger partial charge >= 0.3 is 0 Å². The molecule has 2 aromatic rings. The molecule has 0 aromatic heterocycles. The van der Waals surface area contributed by atoms with E-state index in [-0.39, 0.29) is 30.8 Å². The first-order chi connectivity index (χ1) is 12.8. The molecule has 0 spiro atoms. The minimum atomic E-state index is -0.910. The van der Waals surface area contributed by atoms with Crippen LogP contribution in [0.1, 0.15) is 18.9 Å². The zero-order valence-corrected chi connectivity index (χ0v) is 15.2. The lowest BCUT2D eigenvalue weighted by Gasteiger charge is -2.29. The van der Waals surface area contributed by atoms with E-state index in [1.165, 1.54) is 6.07 Å². The number of hydrogen-bond acceptors (Lipinski definition) is 3.